The molecule has 0 aliphatic heterocycles. The first kappa shape index (κ1) is 15.1. The lowest BCUT2D eigenvalue weighted by atomic mass is 9.83. The van der Waals surface area contributed by atoms with Gasteiger partial charge in [-0.15, -0.1) is 0 Å². The van der Waals surface area contributed by atoms with Crippen molar-refractivity contribution in [2.75, 3.05) is 13.1 Å². The minimum atomic E-state index is 0.857. The van der Waals surface area contributed by atoms with Crippen molar-refractivity contribution in [2.45, 2.75) is 45.4 Å². The van der Waals surface area contributed by atoms with Crippen molar-refractivity contribution in [2.24, 2.45) is 11.8 Å². The molecule has 1 fully saturated rings. The van der Waals surface area contributed by atoms with Crippen LogP contribution in [0.25, 0.3) is 0 Å². The summed E-state index contributed by atoms with van der Waals surface area (Å²) in [6.45, 7) is 4.51. The van der Waals surface area contributed by atoms with Crippen molar-refractivity contribution in [1.29, 1.82) is 0 Å². The molecule has 1 aliphatic rings. The molecular formula is C17H26BrN. The van der Waals surface area contributed by atoms with Crippen molar-refractivity contribution < 1.29 is 0 Å². The third kappa shape index (κ3) is 4.92. The highest BCUT2D eigenvalue weighted by atomic mass is 79.9. The Balaban J connectivity index is 2.00. The fourth-order valence-electron chi connectivity index (χ4n) is 3.30. The van der Waals surface area contributed by atoms with Gasteiger partial charge in [-0.25, -0.2) is 0 Å². The molecule has 1 N–H and O–H groups in total. The Hall–Kier alpha value is -0.340. The molecule has 2 rings (SSSR count). The van der Waals surface area contributed by atoms with E-state index in [1.807, 2.05) is 0 Å². The van der Waals surface area contributed by atoms with E-state index in [0.29, 0.717) is 0 Å². The fraction of sp³-hybridized carbons (Fsp3) is 0.647. The van der Waals surface area contributed by atoms with Gasteiger partial charge in [-0.3, -0.25) is 0 Å². The number of hydrogen-bond donors (Lipinski definition) is 1. The summed E-state index contributed by atoms with van der Waals surface area (Å²) in [5.74, 6) is 1.72. The molecule has 0 aromatic heterocycles. The molecule has 0 spiro atoms. The van der Waals surface area contributed by atoms with Gasteiger partial charge < -0.3 is 5.32 Å². The minimum absolute atomic E-state index is 0.857. The van der Waals surface area contributed by atoms with Crippen LogP contribution in [0.5, 0.6) is 0 Å². The van der Waals surface area contributed by atoms with Crippen LogP contribution >= 0.6 is 15.9 Å². The van der Waals surface area contributed by atoms with Gasteiger partial charge >= 0.3 is 0 Å². The molecule has 0 bridgehead atoms. The zero-order valence-corrected chi connectivity index (χ0v) is 13.6. The number of nitrogens with one attached hydrogen (secondary N) is 1. The Bertz CT molecular complexity index is 377. The van der Waals surface area contributed by atoms with Crippen LogP contribution < -0.4 is 5.32 Å². The summed E-state index contributed by atoms with van der Waals surface area (Å²) in [5, 5.41) is 3.56. The number of rotatable bonds is 5. The summed E-state index contributed by atoms with van der Waals surface area (Å²) in [6.07, 6.45) is 8.33. The molecule has 2 heteroatoms. The summed E-state index contributed by atoms with van der Waals surface area (Å²) in [7, 11) is 0. The van der Waals surface area contributed by atoms with Crippen LogP contribution in [0.2, 0.25) is 0 Å². The van der Waals surface area contributed by atoms with Crippen molar-refractivity contribution in [3.05, 3.63) is 34.3 Å². The Morgan fingerprint density at radius 2 is 1.95 bits per heavy atom. The van der Waals surface area contributed by atoms with Crippen LogP contribution in [0, 0.1) is 11.8 Å². The third-order valence-electron chi connectivity index (χ3n) is 4.36. The van der Waals surface area contributed by atoms with Gasteiger partial charge in [0.1, 0.15) is 0 Å². The van der Waals surface area contributed by atoms with Gasteiger partial charge in [0.05, 0.1) is 0 Å². The Morgan fingerprint density at radius 1 is 1.16 bits per heavy atom. The lowest BCUT2D eigenvalue weighted by Gasteiger charge is -2.25. The van der Waals surface area contributed by atoms with Gasteiger partial charge in [0.15, 0.2) is 0 Å². The molecule has 1 saturated carbocycles. The maximum atomic E-state index is 3.59. The summed E-state index contributed by atoms with van der Waals surface area (Å²) < 4.78 is 1.21. The van der Waals surface area contributed by atoms with E-state index >= 15 is 0 Å². The summed E-state index contributed by atoms with van der Waals surface area (Å²) in [4.78, 5) is 0. The zero-order valence-electron chi connectivity index (χ0n) is 12.0. The van der Waals surface area contributed by atoms with Gasteiger partial charge in [0.2, 0.25) is 0 Å². The molecule has 19 heavy (non-hydrogen) atoms. The van der Waals surface area contributed by atoms with Crippen molar-refractivity contribution in [3.63, 3.8) is 0 Å². The second-order valence-electron chi connectivity index (χ2n) is 5.80. The Kier molecular flexibility index (Phi) is 6.39. The molecular weight excluding hydrogens is 298 g/mol. The van der Waals surface area contributed by atoms with E-state index in [2.05, 4.69) is 52.4 Å². The third-order valence-corrected chi connectivity index (χ3v) is 4.85. The lowest BCUT2D eigenvalue weighted by Crippen LogP contribution is -2.28. The van der Waals surface area contributed by atoms with Crippen LogP contribution in [0.1, 0.15) is 44.6 Å². The quantitative estimate of drug-likeness (QED) is 0.767. The Morgan fingerprint density at radius 3 is 2.68 bits per heavy atom. The van der Waals surface area contributed by atoms with Crippen LogP contribution in [-0.2, 0) is 6.42 Å². The molecule has 1 aliphatic carbocycles. The van der Waals surface area contributed by atoms with Crippen LogP contribution in [0.15, 0.2) is 28.7 Å². The molecule has 2 atom stereocenters. The van der Waals surface area contributed by atoms with E-state index in [9.17, 15) is 0 Å². The molecule has 0 radical (unpaired) electrons. The first-order valence-electron chi connectivity index (χ1n) is 7.74. The SMILES string of the molecule is CCNCC1CCCCCC1Cc1cccc(Br)c1. The number of benzene rings is 1. The molecule has 0 amide bonds. The first-order valence-corrected chi connectivity index (χ1v) is 8.54. The minimum Gasteiger partial charge on any atom is -0.317 e. The normalized spacial score (nSPS) is 24.1. The summed E-state index contributed by atoms with van der Waals surface area (Å²) in [5.41, 5.74) is 1.49. The van der Waals surface area contributed by atoms with Crippen LogP contribution in [0.4, 0.5) is 0 Å². The maximum absolute atomic E-state index is 3.59. The predicted molar refractivity (Wildman–Crippen MR) is 86.5 cm³/mol. The average molecular weight is 324 g/mol. The van der Waals surface area contributed by atoms with Gasteiger partial charge in [-0.2, -0.15) is 0 Å². The highest BCUT2D eigenvalue weighted by molar-refractivity contribution is 9.10. The highest BCUT2D eigenvalue weighted by Gasteiger charge is 2.23. The average Bonchev–Trinajstić information content (AvgIpc) is 2.62. The van der Waals surface area contributed by atoms with Crippen molar-refractivity contribution >= 4 is 15.9 Å². The molecule has 2 unspecified atom stereocenters. The molecule has 0 heterocycles. The van der Waals surface area contributed by atoms with E-state index in [0.717, 1.165) is 18.4 Å². The number of halogens is 1. The van der Waals surface area contributed by atoms with Gasteiger partial charge in [0, 0.05) is 4.47 Å². The van der Waals surface area contributed by atoms with E-state index in [-0.39, 0.29) is 0 Å². The number of hydrogen-bond acceptors (Lipinski definition) is 1. The van der Waals surface area contributed by atoms with Gasteiger partial charge in [-0.1, -0.05) is 54.2 Å². The fourth-order valence-corrected chi connectivity index (χ4v) is 3.74. The van der Waals surface area contributed by atoms with Crippen LogP contribution in [-0.4, -0.2) is 13.1 Å². The highest BCUT2D eigenvalue weighted by Crippen LogP contribution is 2.31. The van der Waals surface area contributed by atoms with Crippen molar-refractivity contribution in [1.82, 2.24) is 5.32 Å². The lowest BCUT2D eigenvalue weighted by molar-refractivity contribution is 0.299. The molecule has 106 valence electrons. The Labute approximate surface area is 126 Å². The largest absolute Gasteiger partial charge is 0.317 e. The van der Waals surface area contributed by atoms with E-state index in [1.165, 1.54) is 55.1 Å². The summed E-state index contributed by atoms with van der Waals surface area (Å²) >= 11 is 3.59. The molecule has 1 aromatic carbocycles. The van der Waals surface area contributed by atoms with E-state index < -0.39 is 0 Å². The second kappa shape index (κ2) is 8.06. The molecule has 0 saturated heterocycles. The van der Waals surface area contributed by atoms with Crippen molar-refractivity contribution in [3.8, 4) is 0 Å². The topological polar surface area (TPSA) is 12.0 Å². The monoisotopic (exact) mass is 323 g/mol. The van der Waals surface area contributed by atoms with E-state index in [1.54, 1.807) is 0 Å². The smallest absolute Gasteiger partial charge is 0.0177 e. The van der Waals surface area contributed by atoms with Gasteiger partial charge in [-0.05, 0) is 61.9 Å². The first-order chi connectivity index (χ1) is 9.29. The maximum Gasteiger partial charge on any atom is 0.0177 e. The van der Waals surface area contributed by atoms with E-state index in [4.69, 9.17) is 0 Å². The molecule has 1 nitrogen and oxygen atoms in total. The zero-order chi connectivity index (χ0) is 13.5. The van der Waals surface area contributed by atoms with Gasteiger partial charge in [0.25, 0.3) is 0 Å². The van der Waals surface area contributed by atoms with Crippen LogP contribution in [0.3, 0.4) is 0 Å². The predicted octanol–water partition coefficient (Wildman–Crippen LogP) is 4.80. The summed E-state index contributed by atoms with van der Waals surface area (Å²) in [6, 6.07) is 8.84. The molecule has 1 aromatic rings. The second-order valence-corrected chi connectivity index (χ2v) is 6.72. The standard InChI is InChI=1S/C17H26BrN/c1-2-19-13-16-9-5-3-4-8-15(16)11-14-7-6-10-17(18)12-14/h6-7,10,12,15-16,19H,2-5,8-9,11,13H2,1H3.